The van der Waals surface area contributed by atoms with Crippen LogP contribution in [0.1, 0.15) is 24.8 Å². The van der Waals surface area contributed by atoms with E-state index >= 15 is 0 Å². The molecule has 1 aromatic rings. The van der Waals surface area contributed by atoms with Gasteiger partial charge in [0.25, 0.3) is 0 Å². The lowest BCUT2D eigenvalue weighted by Crippen LogP contribution is -2.44. The van der Waals surface area contributed by atoms with Crippen molar-refractivity contribution < 1.29 is 9.90 Å². The Morgan fingerprint density at radius 2 is 2.00 bits per heavy atom. The van der Waals surface area contributed by atoms with Gasteiger partial charge in [0.2, 0.25) is 5.91 Å². The maximum Gasteiger partial charge on any atom is 0.246 e. The summed E-state index contributed by atoms with van der Waals surface area (Å²) in [5.74, 6) is -0.111. The maximum atomic E-state index is 12.2. The lowest BCUT2D eigenvalue weighted by atomic mass is 9.91. The Balaban J connectivity index is 2.10. The number of aliphatic hydroxyl groups is 1. The van der Waals surface area contributed by atoms with Crippen LogP contribution in [0.3, 0.4) is 0 Å². The van der Waals surface area contributed by atoms with Crippen molar-refractivity contribution >= 4 is 35.2 Å². The van der Waals surface area contributed by atoms with E-state index in [1.807, 2.05) is 0 Å². The molecule has 5 heteroatoms. The number of carbonyl (C=O) groups excluding carboxylic acids is 1. The van der Waals surface area contributed by atoms with Crippen LogP contribution in [0.15, 0.2) is 24.3 Å². The highest BCUT2D eigenvalue weighted by Crippen LogP contribution is 2.27. The molecule has 0 unspecified atom stereocenters. The van der Waals surface area contributed by atoms with Crippen molar-refractivity contribution in [3.8, 4) is 0 Å². The highest BCUT2D eigenvalue weighted by atomic mass is 35.5. The predicted molar refractivity (Wildman–Crippen MR) is 81.9 cm³/mol. The summed E-state index contributed by atoms with van der Waals surface area (Å²) in [5.41, 5.74) is 0.641. The van der Waals surface area contributed by atoms with Gasteiger partial charge in [-0.25, -0.2) is 0 Å². The molecule has 0 bridgehead atoms. The Morgan fingerprint density at radius 1 is 1.35 bits per heavy atom. The minimum atomic E-state index is -0.111. The van der Waals surface area contributed by atoms with E-state index in [9.17, 15) is 4.79 Å². The average molecular weight is 314 g/mol. The minimum Gasteiger partial charge on any atom is -0.395 e. The van der Waals surface area contributed by atoms with Gasteiger partial charge in [0.05, 0.1) is 6.61 Å². The van der Waals surface area contributed by atoms with Crippen LogP contribution in [-0.4, -0.2) is 35.1 Å². The Kier molecular flexibility index (Phi) is 5.46. The highest BCUT2D eigenvalue weighted by Gasteiger charge is 2.27. The zero-order valence-corrected chi connectivity index (χ0v) is 12.6. The summed E-state index contributed by atoms with van der Waals surface area (Å²) < 4.78 is 0. The van der Waals surface area contributed by atoms with E-state index in [0.29, 0.717) is 22.2 Å². The van der Waals surface area contributed by atoms with Gasteiger partial charge in [-0.3, -0.25) is 4.79 Å². The molecular weight excluding hydrogens is 297 g/mol. The van der Waals surface area contributed by atoms with Gasteiger partial charge in [-0.2, -0.15) is 0 Å². The third kappa shape index (κ3) is 3.54. The zero-order valence-electron chi connectivity index (χ0n) is 11.1. The van der Waals surface area contributed by atoms with Gasteiger partial charge >= 0.3 is 0 Å². The Labute approximate surface area is 128 Å². The van der Waals surface area contributed by atoms with E-state index in [2.05, 4.69) is 0 Å². The molecule has 1 aliphatic carbocycles. The van der Waals surface area contributed by atoms with Crippen LogP contribution in [-0.2, 0) is 4.79 Å². The summed E-state index contributed by atoms with van der Waals surface area (Å²) in [7, 11) is 0. The van der Waals surface area contributed by atoms with Crippen LogP contribution in [0.5, 0.6) is 0 Å². The first-order chi connectivity index (χ1) is 9.63. The predicted octanol–water partition coefficient (Wildman–Crippen LogP) is 3.38. The monoisotopic (exact) mass is 313 g/mol. The molecular formula is C15H17Cl2NO2. The van der Waals surface area contributed by atoms with Crippen molar-refractivity contribution in [2.24, 2.45) is 0 Å². The summed E-state index contributed by atoms with van der Waals surface area (Å²) >= 11 is 12.1. The smallest absolute Gasteiger partial charge is 0.246 e. The first-order valence-corrected chi connectivity index (χ1v) is 7.42. The van der Waals surface area contributed by atoms with E-state index in [4.69, 9.17) is 28.3 Å². The van der Waals surface area contributed by atoms with E-state index in [-0.39, 0.29) is 18.6 Å². The molecule has 1 N–H and O–H groups in total. The summed E-state index contributed by atoms with van der Waals surface area (Å²) in [4.78, 5) is 13.9. The molecule has 0 spiro atoms. The number of rotatable bonds is 5. The average Bonchev–Trinajstić information content (AvgIpc) is 2.35. The number of hydrogen-bond acceptors (Lipinski definition) is 2. The van der Waals surface area contributed by atoms with Gasteiger partial charge in [-0.15, -0.1) is 0 Å². The molecule has 0 radical (unpaired) electrons. The van der Waals surface area contributed by atoms with Crippen molar-refractivity contribution in [1.29, 1.82) is 0 Å². The lowest BCUT2D eigenvalue weighted by molar-refractivity contribution is -0.130. The first kappa shape index (κ1) is 15.4. The lowest BCUT2D eigenvalue weighted by Gasteiger charge is -2.36. The summed E-state index contributed by atoms with van der Waals surface area (Å²) in [6.07, 6.45) is 6.26. The normalized spacial score (nSPS) is 15.3. The fourth-order valence-corrected chi connectivity index (χ4v) is 2.72. The van der Waals surface area contributed by atoms with Gasteiger partial charge in [-0.1, -0.05) is 29.3 Å². The second-order valence-corrected chi connectivity index (χ2v) is 5.62. The number of halogens is 2. The molecule has 1 saturated carbocycles. The van der Waals surface area contributed by atoms with Crippen LogP contribution in [0, 0.1) is 0 Å². The standard InChI is InChI=1S/C15H17Cl2NO2/c16-13-5-2-6-14(17)12(13)7-8-15(20)18(9-10-19)11-3-1-4-11/h2,5-8,11,19H,1,3-4,9-10H2/b8-7+. The van der Waals surface area contributed by atoms with Crippen LogP contribution in [0.25, 0.3) is 6.08 Å². The third-order valence-electron chi connectivity index (χ3n) is 3.53. The number of amides is 1. The number of carbonyl (C=O) groups is 1. The molecule has 0 heterocycles. The molecule has 2 rings (SSSR count). The van der Waals surface area contributed by atoms with E-state index < -0.39 is 0 Å². The molecule has 0 atom stereocenters. The van der Waals surface area contributed by atoms with Crippen molar-refractivity contribution in [3.63, 3.8) is 0 Å². The van der Waals surface area contributed by atoms with Gasteiger partial charge < -0.3 is 10.0 Å². The van der Waals surface area contributed by atoms with E-state index in [1.54, 1.807) is 29.2 Å². The molecule has 0 aromatic heterocycles. The van der Waals surface area contributed by atoms with Gasteiger partial charge in [-0.05, 0) is 37.5 Å². The molecule has 20 heavy (non-hydrogen) atoms. The van der Waals surface area contributed by atoms with Gasteiger partial charge in [0.1, 0.15) is 0 Å². The topological polar surface area (TPSA) is 40.5 Å². The second-order valence-electron chi connectivity index (χ2n) is 4.81. The zero-order chi connectivity index (χ0) is 14.5. The molecule has 3 nitrogen and oxygen atoms in total. The fraction of sp³-hybridized carbons (Fsp3) is 0.400. The molecule has 1 amide bonds. The van der Waals surface area contributed by atoms with Gasteiger partial charge in [0, 0.05) is 34.3 Å². The summed E-state index contributed by atoms with van der Waals surface area (Å²) in [6.45, 7) is 0.340. The minimum absolute atomic E-state index is 0.0249. The highest BCUT2D eigenvalue weighted by molar-refractivity contribution is 6.37. The Bertz CT molecular complexity index is 492. The molecule has 1 fully saturated rings. The van der Waals surface area contributed by atoms with Crippen LogP contribution in [0.4, 0.5) is 0 Å². The number of benzene rings is 1. The SMILES string of the molecule is O=C(/C=C/c1c(Cl)cccc1Cl)N(CCO)C1CCC1. The summed E-state index contributed by atoms with van der Waals surface area (Å²) in [5, 5.41) is 10.1. The van der Waals surface area contributed by atoms with Crippen molar-refractivity contribution in [2.45, 2.75) is 25.3 Å². The molecule has 1 aliphatic rings. The molecule has 0 aliphatic heterocycles. The quantitative estimate of drug-likeness (QED) is 0.847. The maximum absolute atomic E-state index is 12.2. The third-order valence-corrected chi connectivity index (χ3v) is 4.19. The van der Waals surface area contributed by atoms with Crippen LogP contribution >= 0.6 is 23.2 Å². The van der Waals surface area contributed by atoms with Gasteiger partial charge in [0.15, 0.2) is 0 Å². The first-order valence-electron chi connectivity index (χ1n) is 6.67. The molecule has 0 saturated heterocycles. The van der Waals surface area contributed by atoms with Crippen molar-refractivity contribution in [1.82, 2.24) is 4.90 Å². The Morgan fingerprint density at radius 3 is 2.50 bits per heavy atom. The van der Waals surface area contributed by atoms with E-state index in [0.717, 1.165) is 19.3 Å². The van der Waals surface area contributed by atoms with Crippen molar-refractivity contribution in [3.05, 3.63) is 39.9 Å². The van der Waals surface area contributed by atoms with Crippen LogP contribution < -0.4 is 0 Å². The molecule has 1 aromatic carbocycles. The Hall–Kier alpha value is -1.03. The van der Waals surface area contributed by atoms with Crippen molar-refractivity contribution in [2.75, 3.05) is 13.2 Å². The van der Waals surface area contributed by atoms with Crippen LogP contribution in [0.2, 0.25) is 10.0 Å². The fourth-order valence-electron chi connectivity index (χ4n) is 2.20. The second kappa shape index (κ2) is 7.11. The summed E-state index contributed by atoms with van der Waals surface area (Å²) in [6, 6.07) is 5.47. The number of hydrogen-bond donors (Lipinski definition) is 1. The van der Waals surface area contributed by atoms with E-state index in [1.165, 1.54) is 6.08 Å². The molecule has 108 valence electrons. The largest absolute Gasteiger partial charge is 0.395 e. The number of nitrogens with zero attached hydrogens (tertiary/aromatic N) is 1. The number of aliphatic hydroxyl groups excluding tert-OH is 1.